The standard InChI is InChI=1S/C18H13NO5/c20-16(12-9-5-2-6-10-12)22-18-15-13(17(21)23-18)14(19-24-15)11-7-3-1-4-8-11/h1-10,13,15,18H/t13-,15+,18+/m1/s1. The Morgan fingerprint density at radius 2 is 1.67 bits per heavy atom. The van der Waals surface area contributed by atoms with Crippen molar-refractivity contribution in [3.63, 3.8) is 0 Å². The van der Waals surface area contributed by atoms with E-state index in [2.05, 4.69) is 5.16 Å². The van der Waals surface area contributed by atoms with Crippen molar-refractivity contribution < 1.29 is 23.9 Å². The molecule has 2 aromatic carbocycles. The number of carbonyl (C=O) groups is 2. The van der Waals surface area contributed by atoms with E-state index < -0.39 is 30.3 Å². The van der Waals surface area contributed by atoms with Gasteiger partial charge >= 0.3 is 11.9 Å². The van der Waals surface area contributed by atoms with E-state index in [0.29, 0.717) is 11.3 Å². The molecule has 6 heteroatoms. The third-order valence-electron chi connectivity index (χ3n) is 3.95. The molecule has 2 aliphatic rings. The number of cyclic esters (lactones) is 1. The fourth-order valence-electron chi connectivity index (χ4n) is 2.78. The molecule has 0 saturated carbocycles. The summed E-state index contributed by atoms with van der Waals surface area (Å²) < 4.78 is 10.5. The van der Waals surface area contributed by atoms with Crippen LogP contribution in [0.3, 0.4) is 0 Å². The van der Waals surface area contributed by atoms with E-state index in [4.69, 9.17) is 14.3 Å². The van der Waals surface area contributed by atoms with Crippen LogP contribution in [0.2, 0.25) is 0 Å². The minimum atomic E-state index is -1.11. The van der Waals surface area contributed by atoms with Crippen LogP contribution in [0.4, 0.5) is 0 Å². The van der Waals surface area contributed by atoms with Gasteiger partial charge in [-0.05, 0) is 12.1 Å². The molecule has 2 aromatic rings. The molecule has 6 nitrogen and oxygen atoms in total. The van der Waals surface area contributed by atoms with Crippen LogP contribution < -0.4 is 0 Å². The average molecular weight is 323 g/mol. The number of ether oxygens (including phenoxy) is 2. The van der Waals surface area contributed by atoms with Crippen LogP contribution >= 0.6 is 0 Å². The smallest absolute Gasteiger partial charge is 0.341 e. The Morgan fingerprint density at radius 3 is 2.38 bits per heavy atom. The molecule has 0 aliphatic carbocycles. The molecule has 1 fully saturated rings. The molecule has 0 spiro atoms. The zero-order valence-corrected chi connectivity index (χ0v) is 12.5. The van der Waals surface area contributed by atoms with Crippen molar-refractivity contribution >= 4 is 17.7 Å². The first-order chi connectivity index (χ1) is 11.7. The number of hydrogen-bond donors (Lipinski definition) is 0. The van der Waals surface area contributed by atoms with Crippen molar-refractivity contribution in [1.82, 2.24) is 0 Å². The lowest BCUT2D eigenvalue weighted by molar-refractivity contribution is -0.164. The van der Waals surface area contributed by atoms with Crippen LogP contribution in [0, 0.1) is 5.92 Å². The molecule has 2 heterocycles. The van der Waals surface area contributed by atoms with Gasteiger partial charge in [0.25, 0.3) is 6.29 Å². The highest BCUT2D eigenvalue weighted by Gasteiger charge is 2.55. The number of fused-ring (bicyclic) bond motifs is 1. The third kappa shape index (κ3) is 2.42. The van der Waals surface area contributed by atoms with Crippen LogP contribution in [0.1, 0.15) is 15.9 Å². The lowest BCUT2D eigenvalue weighted by atomic mass is 9.94. The van der Waals surface area contributed by atoms with Crippen molar-refractivity contribution in [1.29, 1.82) is 0 Å². The summed E-state index contributed by atoms with van der Waals surface area (Å²) in [5, 5.41) is 4.00. The monoisotopic (exact) mass is 323 g/mol. The third-order valence-corrected chi connectivity index (χ3v) is 3.95. The highest BCUT2D eigenvalue weighted by molar-refractivity contribution is 6.13. The van der Waals surface area contributed by atoms with Gasteiger partial charge in [0.05, 0.1) is 5.56 Å². The molecule has 4 rings (SSSR count). The SMILES string of the molecule is O=C(O[C@H]1OC(=O)[C@@H]2C(c3ccccc3)=NO[C@H]12)c1ccccc1. The lowest BCUT2D eigenvalue weighted by Gasteiger charge is -2.15. The highest BCUT2D eigenvalue weighted by atomic mass is 16.8. The van der Waals surface area contributed by atoms with Crippen molar-refractivity contribution in [3.05, 3.63) is 71.8 Å². The van der Waals surface area contributed by atoms with E-state index in [0.717, 1.165) is 5.56 Å². The van der Waals surface area contributed by atoms with Crippen LogP contribution in [0.25, 0.3) is 0 Å². The minimum absolute atomic E-state index is 0.374. The molecule has 3 atom stereocenters. The largest absolute Gasteiger partial charge is 0.420 e. The van der Waals surface area contributed by atoms with Gasteiger partial charge in [-0.1, -0.05) is 53.7 Å². The second-order valence-electron chi connectivity index (χ2n) is 5.47. The molecule has 0 amide bonds. The first-order valence-electron chi connectivity index (χ1n) is 7.50. The Bertz CT molecular complexity index is 803. The maximum absolute atomic E-state index is 12.2. The Hall–Kier alpha value is -3.15. The Balaban J connectivity index is 1.52. The van der Waals surface area contributed by atoms with Crippen LogP contribution in [-0.4, -0.2) is 30.0 Å². The fraction of sp³-hybridized carbons (Fsp3) is 0.167. The number of carbonyl (C=O) groups excluding carboxylic acids is 2. The second kappa shape index (κ2) is 5.81. The van der Waals surface area contributed by atoms with E-state index in [1.165, 1.54) is 0 Å². The van der Waals surface area contributed by atoms with Gasteiger partial charge in [-0.25, -0.2) is 4.79 Å². The first kappa shape index (κ1) is 14.4. The van der Waals surface area contributed by atoms with Gasteiger partial charge in [-0.2, -0.15) is 0 Å². The Labute approximate surface area is 137 Å². The lowest BCUT2D eigenvalue weighted by Crippen LogP contribution is -2.32. The number of nitrogens with zero attached hydrogens (tertiary/aromatic N) is 1. The van der Waals surface area contributed by atoms with Crippen LogP contribution in [0.5, 0.6) is 0 Å². The molecule has 24 heavy (non-hydrogen) atoms. The van der Waals surface area contributed by atoms with Crippen molar-refractivity contribution in [2.24, 2.45) is 11.1 Å². The number of rotatable bonds is 3. The zero-order valence-electron chi connectivity index (χ0n) is 12.5. The van der Waals surface area contributed by atoms with Gasteiger partial charge in [-0.15, -0.1) is 0 Å². The van der Waals surface area contributed by atoms with E-state index in [9.17, 15) is 9.59 Å². The van der Waals surface area contributed by atoms with Crippen LogP contribution in [-0.2, 0) is 19.1 Å². The molecule has 2 aliphatic heterocycles. The van der Waals surface area contributed by atoms with Gasteiger partial charge in [0, 0.05) is 5.56 Å². The Morgan fingerprint density at radius 1 is 1.00 bits per heavy atom. The van der Waals surface area contributed by atoms with Gasteiger partial charge in [0.1, 0.15) is 11.6 Å². The number of hydrogen-bond acceptors (Lipinski definition) is 6. The normalized spacial score (nSPS) is 24.6. The topological polar surface area (TPSA) is 74.2 Å². The molecule has 0 N–H and O–H groups in total. The summed E-state index contributed by atoms with van der Waals surface area (Å²) in [6, 6.07) is 17.7. The summed E-state index contributed by atoms with van der Waals surface area (Å²) >= 11 is 0. The van der Waals surface area contributed by atoms with Gasteiger partial charge in [0.2, 0.25) is 6.10 Å². The number of oxime groups is 1. The summed E-state index contributed by atoms with van der Waals surface area (Å²) in [7, 11) is 0. The maximum atomic E-state index is 12.2. The van der Waals surface area contributed by atoms with Gasteiger partial charge in [0.15, 0.2) is 0 Å². The van der Waals surface area contributed by atoms with Crippen LogP contribution in [0.15, 0.2) is 65.8 Å². The first-order valence-corrected chi connectivity index (χ1v) is 7.50. The van der Waals surface area contributed by atoms with E-state index in [-0.39, 0.29) is 0 Å². The quantitative estimate of drug-likeness (QED) is 0.809. The Kier molecular flexibility index (Phi) is 3.49. The van der Waals surface area contributed by atoms with Crippen molar-refractivity contribution in [2.45, 2.75) is 12.4 Å². The van der Waals surface area contributed by atoms with Crippen molar-refractivity contribution in [3.8, 4) is 0 Å². The molecule has 120 valence electrons. The molecule has 1 saturated heterocycles. The fourth-order valence-corrected chi connectivity index (χ4v) is 2.78. The molecule has 0 radical (unpaired) electrons. The molecular weight excluding hydrogens is 310 g/mol. The van der Waals surface area contributed by atoms with E-state index >= 15 is 0 Å². The van der Waals surface area contributed by atoms with E-state index in [1.807, 2.05) is 30.3 Å². The number of benzene rings is 2. The summed E-state index contributed by atoms with van der Waals surface area (Å²) in [5.74, 6) is -1.78. The molecule has 0 unspecified atom stereocenters. The van der Waals surface area contributed by atoms with Gasteiger partial charge < -0.3 is 14.3 Å². The van der Waals surface area contributed by atoms with E-state index in [1.54, 1.807) is 30.3 Å². The maximum Gasteiger partial charge on any atom is 0.341 e. The summed E-state index contributed by atoms with van der Waals surface area (Å²) in [4.78, 5) is 29.7. The predicted molar refractivity (Wildman–Crippen MR) is 83.1 cm³/mol. The highest BCUT2D eigenvalue weighted by Crippen LogP contribution is 2.34. The molecular formula is C18H13NO5. The number of esters is 2. The summed E-state index contributed by atoms with van der Waals surface area (Å²) in [6.07, 6.45) is -1.87. The summed E-state index contributed by atoms with van der Waals surface area (Å²) in [5.41, 5.74) is 1.64. The zero-order chi connectivity index (χ0) is 16.5. The minimum Gasteiger partial charge on any atom is -0.420 e. The predicted octanol–water partition coefficient (Wildman–Crippen LogP) is 2.15. The molecule has 0 aromatic heterocycles. The van der Waals surface area contributed by atoms with Crippen molar-refractivity contribution in [2.75, 3.05) is 0 Å². The molecule has 0 bridgehead atoms. The summed E-state index contributed by atoms with van der Waals surface area (Å²) in [6.45, 7) is 0. The van der Waals surface area contributed by atoms with Gasteiger partial charge in [-0.3, -0.25) is 4.79 Å². The average Bonchev–Trinajstić information content (AvgIpc) is 3.19. The second-order valence-corrected chi connectivity index (χ2v) is 5.47.